The molecule has 0 radical (unpaired) electrons. The molecule has 1 heterocycles. The molecule has 2 aromatic rings. The zero-order valence-electron chi connectivity index (χ0n) is 15.1. The van der Waals surface area contributed by atoms with Crippen LogP contribution < -0.4 is 5.32 Å². The number of aromatic nitrogens is 2. The van der Waals surface area contributed by atoms with E-state index in [0.717, 1.165) is 28.1 Å². The van der Waals surface area contributed by atoms with E-state index in [-0.39, 0.29) is 11.3 Å². The molecule has 5 heteroatoms. The van der Waals surface area contributed by atoms with Crippen LogP contribution in [0.25, 0.3) is 5.69 Å². The smallest absolute Gasteiger partial charge is 0.225 e. The molecule has 1 amide bonds. The highest BCUT2D eigenvalue weighted by Crippen LogP contribution is 2.27. The van der Waals surface area contributed by atoms with Gasteiger partial charge in [-0.2, -0.15) is 5.10 Å². The molecule has 0 saturated heterocycles. The van der Waals surface area contributed by atoms with E-state index in [0.29, 0.717) is 12.3 Å². The number of rotatable bonds is 5. The fraction of sp³-hybridized carbons (Fsp3) is 0.474. The van der Waals surface area contributed by atoms with Crippen molar-refractivity contribution >= 4 is 27.7 Å². The normalized spacial score (nSPS) is 11.8. The van der Waals surface area contributed by atoms with E-state index in [1.807, 2.05) is 30.3 Å². The van der Waals surface area contributed by atoms with Gasteiger partial charge in [0.25, 0.3) is 0 Å². The SMILES string of the molecule is CC(C)CCC(=O)Nc1cc(C(C)(C)C)nn1-c1ccc(Br)cc1. The summed E-state index contributed by atoms with van der Waals surface area (Å²) in [6.07, 6.45) is 1.40. The topological polar surface area (TPSA) is 46.9 Å². The van der Waals surface area contributed by atoms with Crippen molar-refractivity contribution in [2.24, 2.45) is 5.92 Å². The Morgan fingerprint density at radius 1 is 1.25 bits per heavy atom. The third-order valence-corrected chi connectivity index (χ3v) is 4.29. The number of hydrogen-bond acceptors (Lipinski definition) is 2. The van der Waals surface area contributed by atoms with Crippen molar-refractivity contribution in [3.63, 3.8) is 0 Å². The zero-order valence-corrected chi connectivity index (χ0v) is 16.6. The first kappa shape index (κ1) is 18.7. The van der Waals surface area contributed by atoms with Crippen LogP contribution in [0.1, 0.15) is 53.2 Å². The standard InChI is InChI=1S/C19H26BrN3O/c1-13(2)6-11-18(24)21-17-12-16(19(3,4)5)22-23(17)15-9-7-14(20)8-10-15/h7-10,12-13H,6,11H2,1-5H3,(H,21,24). The first-order chi connectivity index (χ1) is 11.2. The molecule has 0 aliphatic rings. The van der Waals surface area contributed by atoms with Crippen LogP contribution in [0.4, 0.5) is 5.82 Å². The lowest BCUT2D eigenvalue weighted by Gasteiger charge is -2.14. The van der Waals surface area contributed by atoms with Gasteiger partial charge in [0.15, 0.2) is 0 Å². The summed E-state index contributed by atoms with van der Waals surface area (Å²) in [6, 6.07) is 9.87. The van der Waals surface area contributed by atoms with Crippen molar-refractivity contribution in [2.45, 2.75) is 52.9 Å². The van der Waals surface area contributed by atoms with Crippen molar-refractivity contribution in [3.05, 3.63) is 40.5 Å². The zero-order chi connectivity index (χ0) is 17.9. The number of nitrogens with one attached hydrogen (secondary N) is 1. The van der Waals surface area contributed by atoms with Gasteiger partial charge in [-0.3, -0.25) is 4.79 Å². The Morgan fingerprint density at radius 2 is 1.88 bits per heavy atom. The van der Waals surface area contributed by atoms with Gasteiger partial charge in [-0.1, -0.05) is 50.5 Å². The maximum absolute atomic E-state index is 12.3. The maximum atomic E-state index is 12.3. The molecule has 4 nitrogen and oxygen atoms in total. The third kappa shape index (κ3) is 4.94. The van der Waals surface area contributed by atoms with Gasteiger partial charge < -0.3 is 5.32 Å². The number of nitrogens with zero attached hydrogens (tertiary/aromatic N) is 2. The molecular formula is C19H26BrN3O. The molecule has 2 rings (SSSR count). The Labute approximate surface area is 152 Å². The first-order valence-electron chi connectivity index (χ1n) is 8.33. The molecule has 1 N–H and O–H groups in total. The van der Waals surface area contributed by atoms with Gasteiger partial charge >= 0.3 is 0 Å². The van der Waals surface area contributed by atoms with Crippen LogP contribution >= 0.6 is 15.9 Å². The van der Waals surface area contributed by atoms with Crippen LogP contribution in [0.5, 0.6) is 0 Å². The average molecular weight is 392 g/mol. The van der Waals surface area contributed by atoms with E-state index < -0.39 is 0 Å². The number of hydrogen-bond donors (Lipinski definition) is 1. The number of benzene rings is 1. The number of amides is 1. The Hall–Kier alpha value is -1.62. The van der Waals surface area contributed by atoms with Crippen LogP contribution in [0.2, 0.25) is 0 Å². The summed E-state index contributed by atoms with van der Waals surface area (Å²) in [7, 11) is 0. The summed E-state index contributed by atoms with van der Waals surface area (Å²) in [6.45, 7) is 10.6. The minimum Gasteiger partial charge on any atom is -0.311 e. The van der Waals surface area contributed by atoms with E-state index in [1.165, 1.54) is 0 Å². The van der Waals surface area contributed by atoms with Crippen molar-refractivity contribution in [2.75, 3.05) is 5.32 Å². The molecule has 0 unspecified atom stereocenters. The lowest BCUT2D eigenvalue weighted by molar-refractivity contribution is -0.116. The number of halogens is 1. The second kappa shape index (κ2) is 7.51. The molecule has 24 heavy (non-hydrogen) atoms. The molecule has 0 aliphatic carbocycles. The van der Waals surface area contributed by atoms with E-state index in [2.05, 4.69) is 55.9 Å². The van der Waals surface area contributed by atoms with Crippen LogP contribution in [0, 0.1) is 5.92 Å². The van der Waals surface area contributed by atoms with E-state index in [9.17, 15) is 4.79 Å². The summed E-state index contributed by atoms with van der Waals surface area (Å²) in [5, 5.41) is 7.74. The van der Waals surface area contributed by atoms with E-state index >= 15 is 0 Å². The lowest BCUT2D eigenvalue weighted by atomic mass is 9.92. The van der Waals surface area contributed by atoms with Gasteiger partial charge in [-0.15, -0.1) is 0 Å². The third-order valence-electron chi connectivity index (χ3n) is 3.77. The summed E-state index contributed by atoms with van der Waals surface area (Å²) < 4.78 is 2.82. The quantitative estimate of drug-likeness (QED) is 0.750. The van der Waals surface area contributed by atoms with E-state index in [4.69, 9.17) is 5.10 Å². The molecule has 0 saturated carbocycles. The molecule has 0 aliphatic heterocycles. The second-order valence-corrected chi connectivity index (χ2v) is 8.45. The molecule has 1 aromatic heterocycles. The van der Waals surface area contributed by atoms with Crippen molar-refractivity contribution < 1.29 is 4.79 Å². The summed E-state index contributed by atoms with van der Waals surface area (Å²) in [5.74, 6) is 1.26. The van der Waals surface area contributed by atoms with Crippen molar-refractivity contribution in [1.29, 1.82) is 0 Å². The molecule has 0 fully saturated rings. The lowest BCUT2D eigenvalue weighted by Crippen LogP contribution is -2.15. The minimum atomic E-state index is -0.0853. The molecule has 0 atom stereocenters. The molecule has 0 bridgehead atoms. The van der Waals surface area contributed by atoms with E-state index in [1.54, 1.807) is 4.68 Å². The average Bonchev–Trinajstić information content (AvgIpc) is 2.90. The van der Waals surface area contributed by atoms with Gasteiger partial charge in [-0.05, 0) is 36.6 Å². The number of carbonyl (C=O) groups is 1. The first-order valence-corrected chi connectivity index (χ1v) is 9.12. The Bertz CT molecular complexity index is 696. The van der Waals surface area contributed by atoms with Gasteiger partial charge in [0.1, 0.15) is 5.82 Å². The van der Waals surface area contributed by atoms with Crippen LogP contribution in [-0.2, 0) is 10.2 Å². The molecule has 130 valence electrons. The fourth-order valence-corrected chi connectivity index (χ4v) is 2.51. The predicted molar refractivity (Wildman–Crippen MR) is 103 cm³/mol. The predicted octanol–water partition coefficient (Wildman–Crippen LogP) is 5.31. The van der Waals surface area contributed by atoms with Gasteiger partial charge in [-0.25, -0.2) is 4.68 Å². The van der Waals surface area contributed by atoms with Crippen LogP contribution in [0.3, 0.4) is 0 Å². The highest BCUT2D eigenvalue weighted by molar-refractivity contribution is 9.10. The largest absolute Gasteiger partial charge is 0.311 e. The molecule has 1 aromatic carbocycles. The summed E-state index contributed by atoms with van der Waals surface area (Å²) in [5.41, 5.74) is 1.79. The second-order valence-electron chi connectivity index (χ2n) is 7.53. The monoisotopic (exact) mass is 391 g/mol. The van der Waals surface area contributed by atoms with Gasteiger partial charge in [0.05, 0.1) is 11.4 Å². The Morgan fingerprint density at radius 3 is 2.42 bits per heavy atom. The maximum Gasteiger partial charge on any atom is 0.225 e. The van der Waals surface area contributed by atoms with Crippen molar-refractivity contribution in [1.82, 2.24) is 9.78 Å². The summed E-state index contributed by atoms with van der Waals surface area (Å²) >= 11 is 3.45. The van der Waals surface area contributed by atoms with Crippen LogP contribution in [0.15, 0.2) is 34.8 Å². The Balaban J connectivity index is 2.32. The Kier molecular flexibility index (Phi) is 5.86. The van der Waals surface area contributed by atoms with Crippen molar-refractivity contribution in [3.8, 4) is 5.69 Å². The number of anilines is 1. The van der Waals surface area contributed by atoms with Gasteiger partial charge in [0, 0.05) is 22.4 Å². The minimum absolute atomic E-state index is 0.0300. The summed E-state index contributed by atoms with van der Waals surface area (Å²) in [4.78, 5) is 12.3. The highest BCUT2D eigenvalue weighted by atomic mass is 79.9. The molecule has 0 spiro atoms. The van der Waals surface area contributed by atoms with Gasteiger partial charge in [0.2, 0.25) is 5.91 Å². The van der Waals surface area contributed by atoms with Crippen LogP contribution in [-0.4, -0.2) is 15.7 Å². The number of carbonyl (C=O) groups excluding carboxylic acids is 1. The molecular weight excluding hydrogens is 366 g/mol. The fourth-order valence-electron chi connectivity index (χ4n) is 2.24. The highest BCUT2D eigenvalue weighted by Gasteiger charge is 2.21.